The van der Waals surface area contributed by atoms with Gasteiger partial charge in [0.15, 0.2) is 0 Å². The lowest BCUT2D eigenvalue weighted by Gasteiger charge is -2.59. The number of hydrogen-bond acceptors (Lipinski definition) is 4. The summed E-state index contributed by atoms with van der Waals surface area (Å²) in [6, 6.07) is 4.89. The number of nitro groups is 1. The predicted molar refractivity (Wildman–Crippen MR) is 111 cm³/mol. The molecule has 4 aliphatic rings. The van der Waals surface area contributed by atoms with E-state index in [1.165, 1.54) is 44.6 Å². The fourth-order valence-electron chi connectivity index (χ4n) is 6.49. The first-order valence-electron chi connectivity index (χ1n) is 10.0. The van der Waals surface area contributed by atoms with Crippen molar-refractivity contribution in [3.63, 3.8) is 0 Å². The summed E-state index contributed by atoms with van der Waals surface area (Å²) in [4.78, 5) is 24.3. The number of nitrogens with zero attached hydrogens (tertiary/aromatic N) is 1. The number of nitro benzene ring substituents is 1. The van der Waals surface area contributed by atoms with Crippen LogP contribution in [0.5, 0.6) is 0 Å². The number of benzene rings is 1. The van der Waals surface area contributed by atoms with Crippen LogP contribution in [0.25, 0.3) is 10.1 Å². The minimum absolute atomic E-state index is 0.00224. The molecule has 4 saturated carbocycles. The highest BCUT2D eigenvalue weighted by molar-refractivity contribution is 7.22. The van der Waals surface area contributed by atoms with E-state index >= 15 is 0 Å². The minimum atomic E-state index is -0.422. The van der Waals surface area contributed by atoms with Crippen molar-refractivity contribution < 1.29 is 9.72 Å². The maximum atomic E-state index is 13.1. The van der Waals surface area contributed by atoms with E-state index in [1.807, 2.05) is 0 Å². The summed E-state index contributed by atoms with van der Waals surface area (Å²) in [5, 5.41) is 15.4. The van der Waals surface area contributed by atoms with Crippen molar-refractivity contribution in [2.45, 2.75) is 51.5 Å². The van der Waals surface area contributed by atoms with Gasteiger partial charge in [-0.25, -0.2) is 0 Å². The fraction of sp³-hybridized carbons (Fsp3) is 0.571. The summed E-state index contributed by atoms with van der Waals surface area (Å²) >= 11 is 7.58. The number of carbonyl (C=O) groups excluding carboxylic acids is 1. The molecule has 148 valence electrons. The molecule has 0 saturated heterocycles. The molecular formula is C21H23ClN2O3S. The number of nitrogens with one attached hydrogen (secondary N) is 1. The molecule has 1 amide bonds. The first-order valence-corrected chi connectivity index (χ1v) is 11.2. The molecule has 0 unspecified atom stereocenters. The average molecular weight is 419 g/mol. The molecule has 28 heavy (non-hydrogen) atoms. The van der Waals surface area contributed by atoms with E-state index in [4.69, 9.17) is 11.6 Å². The monoisotopic (exact) mass is 418 g/mol. The molecule has 7 heteroatoms. The van der Waals surface area contributed by atoms with Crippen LogP contribution in [0.4, 0.5) is 5.69 Å². The van der Waals surface area contributed by atoms with Gasteiger partial charge in [0.2, 0.25) is 0 Å². The Morgan fingerprint density at radius 2 is 1.86 bits per heavy atom. The summed E-state index contributed by atoms with van der Waals surface area (Å²) in [6.07, 6.45) is 7.74. The Hall–Kier alpha value is -1.66. The Morgan fingerprint density at radius 1 is 1.25 bits per heavy atom. The van der Waals surface area contributed by atoms with E-state index in [2.05, 4.69) is 12.2 Å². The van der Waals surface area contributed by atoms with E-state index in [-0.39, 0.29) is 23.1 Å². The summed E-state index contributed by atoms with van der Waals surface area (Å²) in [5.41, 5.74) is 0.206. The van der Waals surface area contributed by atoms with Gasteiger partial charge in [0.05, 0.1) is 9.95 Å². The second-order valence-electron chi connectivity index (χ2n) is 9.13. The van der Waals surface area contributed by atoms with Gasteiger partial charge in [-0.3, -0.25) is 14.9 Å². The standard InChI is InChI=1S/C21H23ClN2O3S/c1-11(21-8-12-5-13(9-21)7-14(6-12)10-21)23-20(25)19-17(22)15-3-2-4-16(24(26)27)18(15)28-19/h2-4,11-14H,5-10H2,1H3,(H,23,25)/t11-,12?,13?,14?,21?/m0/s1. The molecule has 4 fully saturated rings. The van der Waals surface area contributed by atoms with Gasteiger partial charge in [0.1, 0.15) is 9.58 Å². The second-order valence-corrected chi connectivity index (χ2v) is 10.5. The fourth-order valence-corrected chi connectivity index (χ4v) is 7.98. The molecular weight excluding hydrogens is 396 g/mol. The van der Waals surface area contributed by atoms with Gasteiger partial charge in [0.25, 0.3) is 11.6 Å². The van der Waals surface area contributed by atoms with Crippen molar-refractivity contribution in [3.8, 4) is 0 Å². The van der Waals surface area contributed by atoms with Gasteiger partial charge < -0.3 is 5.32 Å². The van der Waals surface area contributed by atoms with Gasteiger partial charge in [-0.2, -0.15) is 0 Å². The molecule has 6 rings (SSSR count). The van der Waals surface area contributed by atoms with Gasteiger partial charge in [-0.15, -0.1) is 11.3 Å². The number of thiophene rings is 1. The molecule has 1 heterocycles. The summed E-state index contributed by atoms with van der Waals surface area (Å²) in [7, 11) is 0. The van der Waals surface area contributed by atoms with Gasteiger partial charge >= 0.3 is 0 Å². The van der Waals surface area contributed by atoms with E-state index < -0.39 is 4.92 Å². The zero-order chi connectivity index (χ0) is 19.6. The van der Waals surface area contributed by atoms with Gasteiger partial charge in [0, 0.05) is 17.5 Å². The first kappa shape index (κ1) is 18.4. The highest BCUT2D eigenvalue weighted by atomic mass is 35.5. The topological polar surface area (TPSA) is 72.2 Å². The SMILES string of the molecule is C[C@H](NC(=O)c1sc2c([N+](=O)[O-])cccc2c1Cl)C12CC3CC(CC(C3)C1)C2. The van der Waals surface area contributed by atoms with Crippen LogP contribution in [0.3, 0.4) is 0 Å². The third kappa shape index (κ3) is 2.76. The molecule has 1 aromatic carbocycles. The lowest BCUT2D eigenvalue weighted by atomic mass is 9.48. The van der Waals surface area contributed by atoms with E-state index in [1.54, 1.807) is 12.1 Å². The highest BCUT2D eigenvalue weighted by Crippen LogP contribution is 2.61. The number of carbonyl (C=O) groups is 1. The van der Waals surface area contributed by atoms with Crippen LogP contribution in [-0.2, 0) is 0 Å². The summed E-state index contributed by atoms with van der Waals surface area (Å²) in [6.45, 7) is 2.13. The molecule has 4 aliphatic carbocycles. The molecule has 0 aliphatic heterocycles. The van der Waals surface area contributed by atoms with Crippen LogP contribution in [0.1, 0.15) is 55.1 Å². The Kier molecular flexibility index (Phi) is 4.22. The summed E-state index contributed by atoms with van der Waals surface area (Å²) < 4.78 is 0.463. The van der Waals surface area contributed by atoms with Crippen LogP contribution in [0, 0.1) is 33.3 Å². The van der Waals surface area contributed by atoms with Gasteiger partial charge in [-0.05, 0) is 68.6 Å². The Morgan fingerprint density at radius 3 is 2.43 bits per heavy atom. The Labute approximate surface area is 172 Å². The zero-order valence-corrected chi connectivity index (χ0v) is 17.3. The zero-order valence-electron chi connectivity index (χ0n) is 15.7. The van der Waals surface area contributed by atoms with Crippen LogP contribution in [0.2, 0.25) is 5.02 Å². The molecule has 5 nitrogen and oxygen atoms in total. The molecule has 4 bridgehead atoms. The third-order valence-corrected chi connectivity index (χ3v) is 9.12. The lowest BCUT2D eigenvalue weighted by molar-refractivity contribution is -0.382. The number of halogens is 1. The third-order valence-electron chi connectivity index (χ3n) is 7.39. The quantitative estimate of drug-likeness (QED) is 0.503. The summed E-state index contributed by atoms with van der Waals surface area (Å²) in [5.74, 6) is 2.26. The number of rotatable bonds is 4. The molecule has 2 aromatic rings. The van der Waals surface area contributed by atoms with Crippen LogP contribution >= 0.6 is 22.9 Å². The maximum absolute atomic E-state index is 13.1. The van der Waals surface area contributed by atoms with Crippen LogP contribution < -0.4 is 5.32 Å². The molecule has 0 radical (unpaired) electrons. The highest BCUT2D eigenvalue weighted by Gasteiger charge is 2.53. The molecule has 0 spiro atoms. The molecule has 1 N–H and O–H groups in total. The van der Waals surface area contributed by atoms with Crippen molar-refractivity contribution in [2.24, 2.45) is 23.2 Å². The lowest BCUT2D eigenvalue weighted by Crippen LogP contribution is -2.55. The van der Waals surface area contributed by atoms with Gasteiger partial charge in [-0.1, -0.05) is 23.7 Å². The number of non-ortho nitro benzene ring substituents is 1. The van der Waals surface area contributed by atoms with Crippen molar-refractivity contribution >= 4 is 44.6 Å². The molecule has 1 atom stereocenters. The van der Waals surface area contributed by atoms with E-state index in [0.717, 1.165) is 29.1 Å². The van der Waals surface area contributed by atoms with Crippen molar-refractivity contribution in [1.29, 1.82) is 0 Å². The number of amides is 1. The van der Waals surface area contributed by atoms with E-state index in [9.17, 15) is 14.9 Å². The van der Waals surface area contributed by atoms with E-state index in [0.29, 0.717) is 20.0 Å². The Bertz CT molecular complexity index is 950. The number of hydrogen-bond donors (Lipinski definition) is 1. The smallest absolute Gasteiger partial charge is 0.287 e. The van der Waals surface area contributed by atoms with Crippen molar-refractivity contribution in [2.75, 3.05) is 0 Å². The maximum Gasteiger partial charge on any atom is 0.287 e. The number of fused-ring (bicyclic) bond motifs is 1. The largest absolute Gasteiger partial charge is 0.348 e. The normalized spacial score (nSPS) is 31.9. The predicted octanol–water partition coefficient (Wildman–Crippen LogP) is 5.80. The minimum Gasteiger partial charge on any atom is -0.348 e. The first-order chi connectivity index (χ1) is 13.4. The second kappa shape index (κ2) is 6.42. The molecule has 1 aromatic heterocycles. The van der Waals surface area contributed by atoms with Crippen molar-refractivity contribution in [1.82, 2.24) is 5.32 Å². The van der Waals surface area contributed by atoms with Crippen molar-refractivity contribution in [3.05, 3.63) is 38.2 Å². The Balaban J connectivity index is 1.42. The van der Waals surface area contributed by atoms with Crippen LogP contribution in [-0.4, -0.2) is 16.9 Å². The van der Waals surface area contributed by atoms with Crippen LogP contribution in [0.15, 0.2) is 18.2 Å². The average Bonchev–Trinajstić information content (AvgIpc) is 2.97.